The predicted molar refractivity (Wildman–Crippen MR) is 87.8 cm³/mol. The lowest BCUT2D eigenvalue weighted by atomic mass is 9.98. The van der Waals surface area contributed by atoms with E-state index < -0.39 is 0 Å². The van der Waals surface area contributed by atoms with Crippen molar-refractivity contribution in [2.24, 2.45) is 0 Å². The molecule has 102 valence electrons. The van der Waals surface area contributed by atoms with Crippen LogP contribution < -0.4 is 4.90 Å². The molecule has 0 N–H and O–H groups in total. The zero-order valence-corrected chi connectivity index (χ0v) is 13.2. The predicted octanol–water partition coefficient (Wildman–Crippen LogP) is 5.55. The van der Waals surface area contributed by atoms with E-state index in [0.29, 0.717) is 12.0 Å². The van der Waals surface area contributed by atoms with E-state index >= 15 is 0 Å². The van der Waals surface area contributed by atoms with Gasteiger partial charge in [-0.15, -0.1) is 0 Å². The van der Waals surface area contributed by atoms with Crippen LogP contribution in [0.5, 0.6) is 0 Å². The Kier molecular flexibility index (Phi) is 2.88. The Hall–Kier alpha value is -1.28. The molecular formula is C18H18BrN. The number of benzene rings is 2. The largest absolute Gasteiger partial charge is 0.338 e. The fraction of sp³-hybridized carbons (Fsp3) is 0.333. The highest BCUT2D eigenvalue weighted by atomic mass is 79.9. The number of nitrogens with zero attached hydrogens (tertiary/aromatic N) is 1. The number of fused-ring (bicyclic) bond motifs is 3. The molecule has 1 nitrogen and oxygen atoms in total. The van der Waals surface area contributed by atoms with E-state index in [-0.39, 0.29) is 0 Å². The summed E-state index contributed by atoms with van der Waals surface area (Å²) in [6.07, 6.45) is 3.99. The molecule has 1 aliphatic carbocycles. The molecule has 1 heterocycles. The summed E-state index contributed by atoms with van der Waals surface area (Å²) >= 11 is 3.63. The maximum Gasteiger partial charge on any atom is 0.0450 e. The quantitative estimate of drug-likeness (QED) is 0.664. The smallest absolute Gasteiger partial charge is 0.0450 e. The van der Waals surface area contributed by atoms with E-state index in [4.69, 9.17) is 0 Å². The van der Waals surface area contributed by atoms with Gasteiger partial charge in [-0.05, 0) is 55.7 Å². The summed E-state index contributed by atoms with van der Waals surface area (Å²) in [5.74, 6) is 0.712. The first-order chi connectivity index (χ1) is 9.74. The summed E-state index contributed by atoms with van der Waals surface area (Å²) in [4.78, 5) is 2.57. The Balaban J connectivity index is 1.85. The monoisotopic (exact) mass is 327 g/mol. The van der Waals surface area contributed by atoms with Gasteiger partial charge in [-0.25, -0.2) is 0 Å². The third-order valence-corrected chi connectivity index (χ3v) is 5.27. The van der Waals surface area contributed by atoms with Crippen LogP contribution >= 0.6 is 15.9 Å². The van der Waals surface area contributed by atoms with Crippen LogP contribution in [0.1, 0.15) is 36.3 Å². The number of rotatable bonds is 1. The van der Waals surface area contributed by atoms with Crippen LogP contribution in [-0.4, -0.2) is 6.04 Å². The second-order valence-corrected chi connectivity index (χ2v) is 6.93. The summed E-state index contributed by atoms with van der Waals surface area (Å²) < 4.78 is 1.20. The first-order valence-electron chi connectivity index (χ1n) is 7.39. The maximum absolute atomic E-state index is 3.63. The van der Waals surface area contributed by atoms with Gasteiger partial charge >= 0.3 is 0 Å². The van der Waals surface area contributed by atoms with E-state index in [9.17, 15) is 0 Å². The second-order valence-electron chi connectivity index (χ2n) is 6.01. The zero-order chi connectivity index (χ0) is 13.7. The Bertz CT molecular complexity index is 647. The molecule has 1 aliphatic heterocycles. The molecule has 0 spiro atoms. The lowest BCUT2D eigenvalue weighted by Gasteiger charge is -2.27. The van der Waals surface area contributed by atoms with Crippen LogP contribution in [0.2, 0.25) is 0 Å². The van der Waals surface area contributed by atoms with Crippen molar-refractivity contribution in [2.45, 2.75) is 38.1 Å². The summed E-state index contributed by atoms with van der Waals surface area (Å²) in [6.45, 7) is 2.15. The standard InChI is InChI=1S/C18H18BrN/c1-12-5-8-14(9-6-12)20-17-4-2-3-15(17)16-11-13(19)7-10-18(16)20/h5-11,15,17H,2-4H2,1H3. The van der Waals surface area contributed by atoms with Gasteiger partial charge in [-0.3, -0.25) is 0 Å². The van der Waals surface area contributed by atoms with Crippen molar-refractivity contribution in [2.75, 3.05) is 4.90 Å². The highest BCUT2D eigenvalue weighted by Crippen LogP contribution is 2.52. The van der Waals surface area contributed by atoms with Crippen LogP contribution in [0.4, 0.5) is 11.4 Å². The second kappa shape index (κ2) is 4.63. The van der Waals surface area contributed by atoms with E-state index in [0.717, 1.165) is 0 Å². The van der Waals surface area contributed by atoms with Crippen LogP contribution in [-0.2, 0) is 0 Å². The average molecular weight is 328 g/mol. The van der Waals surface area contributed by atoms with Gasteiger partial charge in [0.2, 0.25) is 0 Å². The minimum atomic E-state index is 0.655. The van der Waals surface area contributed by atoms with E-state index in [1.165, 1.54) is 46.2 Å². The third kappa shape index (κ3) is 1.81. The van der Waals surface area contributed by atoms with Crippen molar-refractivity contribution in [1.29, 1.82) is 0 Å². The number of anilines is 2. The van der Waals surface area contributed by atoms with E-state index in [2.05, 4.69) is 70.2 Å². The van der Waals surface area contributed by atoms with E-state index in [1.54, 1.807) is 0 Å². The van der Waals surface area contributed by atoms with Crippen LogP contribution in [0.25, 0.3) is 0 Å². The lowest BCUT2D eigenvalue weighted by Crippen LogP contribution is -2.26. The van der Waals surface area contributed by atoms with Gasteiger partial charge in [0, 0.05) is 27.8 Å². The number of hydrogen-bond donors (Lipinski definition) is 0. The molecule has 2 aromatic rings. The SMILES string of the molecule is Cc1ccc(N2c3ccc(Br)cc3C3CCCC32)cc1. The summed E-state index contributed by atoms with van der Waals surface area (Å²) in [6, 6.07) is 16.4. The van der Waals surface area contributed by atoms with Gasteiger partial charge < -0.3 is 4.90 Å². The van der Waals surface area contributed by atoms with Crippen molar-refractivity contribution in [1.82, 2.24) is 0 Å². The van der Waals surface area contributed by atoms with Crippen molar-refractivity contribution in [3.05, 3.63) is 58.1 Å². The van der Waals surface area contributed by atoms with E-state index in [1.807, 2.05) is 0 Å². The zero-order valence-electron chi connectivity index (χ0n) is 11.6. The summed E-state index contributed by atoms with van der Waals surface area (Å²) in [5, 5.41) is 0. The molecule has 4 rings (SSSR count). The lowest BCUT2D eigenvalue weighted by molar-refractivity contribution is 0.641. The number of hydrogen-bond acceptors (Lipinski definition) is 1. The number of halogens is 1. The van der Waals surface area contributed by atoms with Crippen LogP contribution in [0.15, 0.2) is 46.9 Å². The van der Waals surface area contributed by atoms with Crippen molar-refractivity contribution < 1.29 is 0 Å². The molecular weight excluding hydrogens is 310 g/mol. The maximum atomic E-state index is 3.63. The fourth-order valence-corrected chi connectivity index (χ4v) is 4.25. The van der Waals surface area contributed by atoms with Gasteiger partial charge in [0.05, 0.1) is 0 Å². The van der Waals surface area contributed by atoms with Crippen molar-refractivity contribution in [3.63, 3.8) is 0 Å². The van der Waals surface area contributed by atoms with Crippen molar-refractivity contribution in [3.8, 4) is 0 Å². The molecule has 2 heteroatoms. The Morgan fingerprint density at radius 3 is 2.65 bits per heavy atom. The fourth-order valence-electron chi connectivity index (χ4n) is 3.87. The van der Waals surface area contributed by atoms with Gasteiger partial charge in [0.1, 0.15) is 0 Å². The number of aryl methyl sites for hydroxylation is 1. The van der Waals surface area contributed by atoms with Crippen molar-refractivity contribution >= 4 is 27.3 Å². The molecule has 0 radical (unpaired) electrons. The first kappa shape index (κ1) is 12.5. The van der Waals surface area contributed by atoms with Crippen LogP contribution in [0, 0.1) is 6.92 Å². The molecule has 0 aromatic heterocycles. The molecule has 2 unspecified atom stereocenters. The first-order valence-corrected chi connectivity index (χ1v) is 8.19. The molecule has 20 heavy (non-hydrogen) atoms. The molecule has 1 saturated carbocycles. The highest BCUT2D eigenvalue weighted by molar-refractivity contribution is 9.10. The average Bonchev–Trinajstić information content (AvgIpc) is 3.01. The minimum Gasteiger partial charge on any atom is -0.338 e. The Morgan fingerprint density at radius 2 is 1.85 bits per heavy atom. The normalized spacial score (nSPS) is 23.8. The molecule has 2 aliphatic rings. The Labute approximate surface area is 128 Å². The Morgan fingerprint density at radius 1 is 1.05 bits per heavy atom. The molecule has 2 aromatic carbocycles. The summed E-state index contributed by atoms with van der Waals surface area (Å²) in [5.41, 5.74) is 5.61. The van der Waals surface area contributed by atoms with Gasteiger partial charge in [0.15, 0.2) is 0 Å². The molecule has 0 saturated heterocycles. The molecule has 0 bridgehead atoms. The van der Waals surface area contributed by atoms with Gasteiger partial charge in [0.25, 0.3) is 0 Å². The van der Waals surface area contributed by atoms with Crippen LogP contribution in [0.3, 0.4) is 0 Å². The summed E-state index contributed by atoms with van der Waals surface area (Å²) in [7, 11) is 0. The highest BCUT2D eigenvalue weighted by Gasteiger charge is 2.41. The minimum absolute atomic E-state index is 0.655. The third-order valence-electron chi connectivity index (χ3n) is 4.77. The molecule has 0 amide bonds. The topological polar surface area (TPSA) is 3.24 Å². The molecule has 2 atom stereocenters. The molecule has 1 fully saturated rings. The van der Waals surface area contributed by atoms with Gasteiger partial charge in [-0.1, -0.05) is 40.0 Å². The van der Waals surface area contributed by atoms with Gasteiger partial charge in [-0.2, -0.15) is 0 Å².